The number of hydrogen-bond acceptors (Lipinski definition) is 6. The van der Waals surface area contributed by atoms with Crippen molar-refractivity contribution in [2.24, 2.45) is 0 Å². The fourth-order valence-corrected chi connectivity index (χ4v) is 6.16. The monoisotopic (exact) mass is 380 g/mol. The summed E-state index contributed by atoms with van der Waals surface area (Å²) >= 11 is 0. The summed E-state index contributed by atoms with van der Waals surface area (Å²) in [6.07, 6.45) is 2.31. The molecule has 3 atom stereocenters. The quantitative estimate of drug-likeness (QED) is 0.787. The highest BCUT2D eigenvalue weighted by atomic mass is 32.2. The molecule has 1 N–H and O–H groups in total. The third-order valence-electron chi connectivity index (χ3n) is 5.42. The van der Waals surface area contributed by atoms with Crippen molar-refractivity contribution in [3.63, 3.8) is 0 Å². The largest absolute Gasteiger partial charge is 0.478 e. The summed E-state index contributed by atoms with van der Waals surface area (Å²) in [5.74, 6) is 0.146. The van der Waals surface area contributed by atoms with Gasteiger partial charge in [-0.05, 0) is 56.5 Å². The van der Waals surface area contributed by atoms with Crippen molar-refractivity contribution in [1.82, 2.24) is 9.62 Å². The number of fused-ring (bicyclic) bond motifs is 3. The van der Waals surface area contributed by atoms with Crippen molar-refractivity contribution in [1.29, 1.82) is 0 Å². The highest BCUT2D eigenvalue weighted by Crippen LogP contribution is 2.36. The van der Waals surface area contributed by atoms with Gasteiger partial charge in [-0.1, -0.05) is 0 Å². The van der Waals surface area contributed by atoms with Crippen LogP contribution in [0.1, 0.15) is 31.7 Å². The van der Waals surface area contributed by atoms with Gasteiger partial charge < -0.3 is 14.8 Å². The van der Waals surface area contributed by atoms with E-state index in [9.17, 15) is 13.2 Å². The number of hydrogen-bond donors (Lipinski definition) is 1. The van der Waals surface area contributed by atoms with E-state index in [2.05, 4.69) is 5.32 Å². The van der Waals surface area contributed by atoms with Crippen molar-refractivity contribution in [2.45, 2.75) is 55.7 Å². The molecule has 7 nitrogen and oxygen atoms in total. The van der Waals surface area contributed by atoms with Gasteiger partial charge in [0.05, 0.1) is 11.5 Å². The second kappa shape index (κ2) is 6.83. The van der Waals surface area contributed by atoms with Crippen molar-refractivity contribution in [2.75, 3.05) is 19.7 Å². The topological polar surface area (TPSA) is 84.9 Å². The van der Waals surface area contributed by atoms with Crippen LogP contribution in [0.4, 0.5) is 0 Å². The average molecular weight is 380 g/mol. The van der Waals surface area contributed by atoms with Gasteiger partial charge in [-0.2, -0.15) is 4.31 Å². The van der Waals surface area contributed by atoms with E-state index >= 15 is 0 Å². The molecule has 1 aromatic rings. The molecular formula is C18H24N2O5S. The van der Waals surface area contributed by atoms with Crippen LogP contribution in [0, 0.1) is 0 Å². The van der Waals surface area contributed by atoms with Gasteiger partial charge in [0.25, 0.3) is 0 Å². The first-order chi connectivity index (χ1) is 12.5. The Morgan fingerprint density at radius 2 is 2.12 bits per heavy atom. The van der Waals surface area contributed by atoms with Crippen LogP contribution in [0.2, 0.25) is 0 Å². The van der Waals surface area contributed by atoms with Crippen LogP contribution in [-0.4, -0.2) is 56.6 Å². The number of ether oxygens (including phenoxy) is 2. The highest BCUT2D eigenvalue weighted by molar-refractivity contribution is 7.89. The Morgan fingerprint density at radius 3 is 2.92 bits per heavy atom. The zero-order valence-corrected chi connectivity index (χ0v) is 15.6. The van der Waals surface area contributed by atoms with E-state index in [1.165, 1.54) is 0 Å². The smallest absolute Gasteiger partial charge is 0.347 e. The Balaban J connectivity index is 1.60. The summed E-state index contributed by atoms with van der Waals surface area (Å²) in [5.41, 5.74) is 0.740. The van der Waals surface area contributed by atoms with Crippen molar-refractivity contribution in [3.8, 4) is 5.75 Å². The summed E-state index contributed by atoms with van der Waals surface area (Å²) in [6.45, 7) is 3.59. The third-order valence-corrected chi connectivity index (χ3v) is 7.42. The first-order valence-electron chi connectivity index (χ1n) is 9.21. The molecule has 0 radical (unpaired) electrons. The van der Waals surface area contributed by atoms with Crippen molar-refractivity contribution < 1.29 is 22.7 Å². The molecule has 3 heterocycles. The van der Waals surface area contributed by atoms with E-state index in [0.717, 1.165) is 31.4 Å². The molecule has 1 aromatic carbocycles. The SMILES string of the molecule is CCOC(=O)C1Cc2cc(S(=O)(=O)N3C4CCNCC3CC4)ccc2O1. The van der Waals surface area contributed by atoms with Crippen molar-refractivity contribution in [3.05, 3.63) is 23.8 Å². The second-order valence-electron chi connectivity index (χ2n) is 7.04. The minimum Gasteiger partial charge on any atom is -0.478 e. The lowest BCUT2D eigenvalue weighted by Gasteiger charge is -2.27. The number of rotatable bonds is 4. The van der Waals surface area contributed by atoms with E-state index in [-0.39, 0.29) is 17.0 Å². The lowest BCUT2D eigenvalue weighted by atomic mass is 10.1. The Bertz CT molecular complexity index is 796. The summed E-state index contributed by atoms with van der Waals surface area (Å²) in [7, 11) is -3.57. The van der Waals surface area contributed by atoms with Crippen LogP contribution in [0.15, 0.2) is 23.1 Å². The molecule has 3 aliphatic rings. The summed E-state index contributed by atoms with van der Waals surface area (Å²) in [4.78, 5) is 12.2. The fraction of sp³-hybridized carbons (Fsp3) is 0.611. The predicted molar refractivity (Wildman–Crippen MR) is 94.5 cm³/mol. The number of benzene rings is 1. The lowest BCUT2D eigenvalue weighted by molar-refractivity contribution is -0.150. The first-order valence-corrected chi connectivity index (χ1v) is 10.6. The maximum atomic E-state index is 13.3. The minimum absolute atomic E-state index is 0.0179. The number of carbonyl (C=O) groups is 1. The van der Waals surface area contributed by atoms with E-state index < -0.39 is 22.1 Å². The Morgan fingerprint density at radius 1 is 1.31 bits per heavy atom. The third kappa shape index (κ3) is 3.00. The van der Waals surface area contributed by atoms with Gasteiger partial charge in [-0.15, -0.1) is 0 Å². The normalized spacial score (nSPS) is 28.3. The Labute approximate surface area is 153 Å². The summed E-state index contributed by atoms with van der Waals surface area (Å²) < 4.78 is 38.9. The standard InChI is InChI=1S/C18H24N2O5S/c1-2-24-18(21)17-10-12-9-15(5-6-16(12)25-17)26(22,23)20-13-3-4-14(20)11-19-8-7-13/h5-6,9,13-14,17,19H,2-4,7-8,10-11H2,1H3. The molecular weight excluding hydrogens is 356 g/mol. The van der Waals surface area contributed by atoms with Gasteiger partial charge in [0.2, 0.25) is 10.0 Å². The molecule has 2 fully saturated rings. The Kier molecular flexibility index (Phi) is 4.66. The number of esters is 1. The number of carbonyl (C=O) groups excluding carboxylic acids is 1. The number of nitrogens with one attached hydrogen (secondary N) is 1. The first kappa shape index (κ1) is 17.8. The second-order valence-corrected chi connectivity index (χ2v) is 8.89. The predicted octanol–water partition coefficient (Wildman–Crippen LogP) is 1.07. The zero-order valence-electron chi connectivity index (χ0n) is 14.8. The molecule has 0 aliphatic carbocycles. The Hall–Kier alpha value is -1.64. The molecule has 2 bridgehead atoms. The number of nitrogens with zero attached hydrogens (tertiary/aromatic N) is 1. The summed E-state index contributed by atoms with van der Waals surface area (Å²) in [6, 6.07) is 4.97. The lowest BCUT2D eigenvalue weighted by Crippen LogP contribution is -2.42. The van der Waals surface area contributed by atoms with Crippen LogP contribution >= 0.6 is 0 Å². The number of sulfonamides is 1. The van der Waals surface area contributed by atoms with Gasteiger partial charge in [-0.25, -0.2) is 13.2 Å². The summed E-state index contributed by atoms with van der Waals surface area (Å²) in [5, 5.41) is 3.33. The molecule has 0 spiro atoms. The average Bonchev–Trinajstić information content (AvgIpc) is 3.14. The maximum absolute atomic E-state index is 13.3. The molecule has 142 valence electrons. The zero-order chi connectivity index (χ0) is 18.3. The van der Waals surface area contributed by atoms with Crippen LogP contribution in [-0.2, 0) is 26.0 Å². The van der Waals surface area contributed by atoms with Crippen LogP contribution < -0.4 is 10.1 Å². The van der Waals surface area contributed by atoms with Gasteiger partial charge in [-0.3, -0.25) is 0 Å². The molecule has 4 rings (SSSR count). The van der Waals surface area contributed by atoms with Gasteiger partial charge >= 0.3 is 5.97 Å². The van der Waals surface area contributed by atoms with E-state index in [1.54, 1.807) is 29.4 Å². The molecule has 8 heteroatoms. The molecule has 26 heavy (non-hydrogen) atoms. The van der Waals surface area contributed by atoms with E-state index in [1.807, 2.05) is 0 Å². The van der Waals surface area contributed by atoms with Crippen LogP contribution in [0.3, 0.4) is 0 Å². The van der Waals surface area contributed by atoms with Crippen LogP contribution in [0.25, 0.3) is 0 Å². The van der Waals surface area contributed by atoms with Crippen molar-refractivity contribution >= 4 is 16.0 Å². The van der Waals surface area contributed by atoms with Gasteiger partial charge in [0, 0.05) is 25.0 Å². The van der Waals surface area contributed by atoms with Gasteiger partial charge in [0.15, 0.2) is 6.10 Å². The van der Waals surface area contributed by atoms with Crippen LogP contribution in [0.5, 0.6) is 5.75 Å². The molecule has 0 saturated carbocycles. The van der Waals surface area contributed by atoms with E-state index in [0.29, 0.717) is 25.3 Å². The maximum Gasteiger partial charge on any atom is 0.347 e. The molecule has 3 aliphatic heterocycles. The molecule has 2 saturated heterocycles. The molecule has 0 amide bonds. The minimum atomic E-state index is -3.57. The fourth-order valence-electron chi connectivity index (χ4n) is 4.20. The molecule has 3 unspecified atom stereocenters. The molecule has 0 aromatic heterocycles. The van der Waals surface area contributed by atoms with Gasteiger partial charge in [0.1, 0.15) is 5.75 Å². The van der Waals surface area contributed by atoms with E-state index in [4.69, 9.17) is 9.47 Å². The highest BCUT2D eigenvalue weighted by Gasteiger charge is 2.43.